The van der Waals surface area contributed by atoms with Crippen molar-refractivity contribution in [2.45, 2.75) is 18.9 Å². The monoisotopic (exact) mass is 389 g/mol. The second kappa shape index (κ2) is 6.52. The van der Waals surface area contributed by atoms with E-state index in [0.29, 0.717) is 6.07 Å². The van der Waals surface area contributed by atoms with E-state index in [1.807, 2.05) is 0 Å². The minimum absolute atomic E-state index is 0.0179. The van der Waals surface area contributed by atoms with Crippen LogP contribution in [0.25, 0.3) is 5.65 Å². The summed E-state index contributed by atoms with van der Waals surface area (Å²) in [5.41, 5.74) is -2.71. The Hall–Kier alpha value is -3.18. The molecule has 27 heavy (non-hydrogen) atoms. The first-order valence-corrected chi connectivity index (χ1v) is 7.28. The van der Waals surface area contributed by atoms with Gasteiger partial charge in [-0.15, -0.1) is 10.2 Å². The second-order valence-corrected chi connectivity index (χ2v) is 5.34. The SMILES string of the molecule is O=C(NCc1nnc2c(C(F)(F)F)cccn12)c1ccc(C(F)(F)F)nc1. The number of fused-ring (bicyclic) bond motifs is 1. The summed E-state index contributed by atoms with van der Waals surface area (Å²) in [5, 5.41) is 9.44. The summed E-state index contributed by atoms with van der Waals surface area (Å²) in [4.78, 5) is 15.2. The quantitative estimate of drug-likeness (QED) is 0.699. The van der Waals surface area contributed by atoms with E-state index in [1.165, 1.54) is 6.20 Å². The molecule has 0 unspecified atom stereocenters. The number of amides is 1. The normalized spacial score (nSPS) is 12.4. The number of nitrogens with one attached hydrogen (secondary N) is 1. The molecule has 6 nitrogen and oxygen atoms in total. The zero-order chi connectivity index (χ0) is 19.8. The third-order valence-corrected chi connectivity index (χ3v) is 3.53. The second-order valence-electron chi connectivity index (χ2n) is 5.34. The molecule has 3 heterocycles. The van der Waals surface area contributed by atoms with E-state index in [2.05, 4.69) is 20.5 Å². The first-order valence-electron chi connectivity index (χ1n) is 7.28. The average Bonchev–Trinajstić information content (AvgIpc) is 3.01. The molecule has 3 aromatic heterocycles. The van der Waals surface area contributed by atoms with Crippen LogP contribution in [-0.4, -0.2) is 25.5 Å². The number of carbonyl (C=O) groups is 1. The van der Waals surface area contributed by atoms with E-state index < -0.39 is 35.2 Å². The number of carbonyl (C=O) groups excluding carboxylic acids is 1. The topological polar surface area (TPSA) is 72.2 Å². The van der Waals surface area contributed by atoms with Gasteiger partial charge in [0, 0.05) is 12.4 Å². The van der Waals surface area contributed by atoms with Crippen LogP contribution in [-0.2, 0) is 18.9 Å². The van der Waals surface area contributed by atoms with E-state index in [-0.39, 0.29) is 17.9 Å². The van der Waals surface area contributed by atoms with Crippen LogP contribution in [0.2, 0.25) is 0 Å². The Morgan fingerprint density at radius 2 is 1.78 bits per heavy atom. The van der Waals surface area contributed by atoms with Crippen LogP contribution in [0.1, 0.15) is 27.4 Å². The van der Waals surface area contributed by atoms with E-state index >= 15 is 0 Å². The van der Waals surface area contributed by atoms with Gasteiger partial charge in [-0.2, -0.15) is 26.3 Å². The molecule has 0 aliphatic heterocycles. The van der Waals surface area contributed by atoms with Crippen molar-refractivity contribution < 1.29 is 31.1 Å². The van der Waals surface area contributed by atoms with Crippen molar-refractivity contribution >= 4 is 11.6 Å². The Kier molecular flexibility index (Phi) is 4.49. The van der Waals surface area contributed by atoms with Crippen molar-refractivity contribution in [3.05, 3.63) is 59.3 Å². The Balaban J connectivity index is 1.76. The molecule has 0 fully saturated rings. The molecule has 1 amide bonds. The lowest BCUT2D eigenvalue weighted by Crippen LogP contribution is -2.24. The molecule has 0 aromatic carbocycles. The molecule has 12 heteroatoms. The van der Waals surface area contributed by atoms with Gasteiger partial charge in [0.2, 0.25) is 0 Å². The fraction of sp³-hybridized carbons (Fsp3) is 0.200. The van der Waals surface area contributed by atoms with E-state index in [9.17, 15) is 31.1 Å². The lowest BCUT2D eigenvalue weighted by atomic mass is 10.2. The summed E-state index contributed by atoms with van der Waals surface area (Å²) in [5.74, 6) is -0.746. The van der Waals surface area contributed by atoms with E-state index in [1.54, 1.807) is 0 Å². The lowest BCUT2D eigenvalue weighted by Gasteiger charge is -2.08. The largest absolute Gasteiger partial charge is 0.433 e. The first-order chi connectivity index (χ1) is 12.6. The summed E-state index contributed by atoms with van der Waals surface area (Å²) in [6, 6.07) is 3.59. The van der Waals surface area contributed by atoms with Crippen LogP contribution >= 0.6 is 0 Å². The predicted octanol–water partition coefficient (Wildman–Crippen LogP) is 3.09. The molecule has 0 aliphatic carbocycles. The van der Waals surface area contributed by atoms with E-state index in [0.717, 1.165) is 28.8 Å². The molecule has 0 saturated carbocycles. The molecule has 3 aromatic rings. The number of nitrogens with zero attached hydrogens (tertiary/aromatic N) is 4. The maximum atomic E-state index is 12.9. The van der Waals surface area contributed by atoms with Crippen LogP contribution in [0.15, 0.2) is 36.7 Å². The van der Waals surface area contributed by atoms with Crippen LogP contribution in [0.3, 0.4) is 0 Å². The zero-order valence-electron chi connectivity index (χ0n) is 13.1. The maximum absolute atomic E-state index is 12.9. The molecule has 1 N–H and O–H groups in total. The molecule has 0 radical (unpaired) electrons. The number of rotatable bonds is 3. The van der Waals surface area contributed by atoms with Gasteiger partial charge >= 0.3 is 12.4 Å². The highest BCUT2D eigenvalue weighted by atomic mass is 19.4. The number of alkyl halides is 6. The average molecular weight is 389 g/mol. The molecular weight excluding hydrogens is 380 g/mol. The summed E-state index contributed by atoms with van der Waals surface area (Å²) >= 11 is 0. The van der Waals surface area contributed by atoms with E-state index in [4.69, 9.17) is 0 Å². The van der Waals surface area contributed by atoms with Gasteiger partial charge < -0.3 is 5.32 Å². The number of halogens is 6. The standard InChI is InChI=1S/C15H9F6N5O/c16-14(17,18)9-2-1-5-26-11(24-25-12(9)26)7-23-13(27)8-3-4-10(22-6-8)15(19,20)21/h1-6H,7H2,(H,23,27). The summed E-state index contributed by atoms with van der Waals surface area (Å²) in [6.45, 7) is -0.289. The molecule has 3 rings (SSSR count). The van der Waals surface area contributed by atoms with Crippen molar-refractivity contribution in [2.75, 3.05) is 0 Å². The highest BCUT2D eigenvalue weighted by Crippen LogP contribution is 2.31. The van der Waals surface area contributed by atoms with Gasteiger partial charge in [0.1, 0.15) is 11.3 Å². The Bertz CT molecular complexity index is 977. The van der Waals surface area contributed by atoms with Crippen LogP contribution in [0, 0.1) is 0 Å². The zero-order valence-corrected chi connectivity index (χ0v) is 13.1. The minimum Gasteiger partial charge on any atom is -0.345 e. The van der Waals surface area contributed by atoms with Crippen molar-refractivity contribution in [1.82, 2.24) is 24.9 Å². The number of aromatic nitrogens is 4. The van der Waals surface area contributed by atoms with Gasteiger partial charge in [-0.1, -0.05) is 0 Å². The first kappa shape index (κ1) is 18.6. The Labute approximate surface area is 146 Å². The third kappa shape index (κ3) is 3.83. The Morgan fingerprint density at radius 1 is 1.04 bits per heavy atom. The fourth-order valence-corrected chi connectivity index (χ4v) is 2.26. The van der Waals surface area contributed by atoms with Crippen LogP contribution in [0.4, 0.5) is 26.3 Å². The van der Waals surface area contributed by atoms with Gasteiger partial charge in [0.05, 0.1) is 12.1 Å². The van der Waals surface area contributed by atoms with Gasteiger partial charge in [0.25, 0.3) is 5.91 Å². The summed E-state index contributed by atoms with van der Waals surface area (Å²) in [6.07, 6.45) is -7.21. The van der Waals surface area contributed by atoms with Gasteiger partial charge in [0.15, 0.2) is 11.5 Å². The smallest absolute Gasteiger partial charge is 0.345 e. The predicted molar refractivity (Wildman–Crippen MR) is 78.4 cm³/mol. The van der Waals surface area contributed by atoms with Crippen molar-refractivity contribution in [3.8, 4) is 0 Å². The molecule has 0 saturated heterocycles. The van der Waals surface area contributed by atoms with Crippen LogP contribution in [0.5, 0.6) is 0 Å². The van der Waals surface area contributed by atoms with Gasteiger partial charge in [-0.25, -0.2) is 0 Å². The molecule has 142 valence electrons. The Morgan fingerprint density at radius 3 is 2.37 bits per heavy atom. The maximum Gasteiger partial charge on any atom is 0.433 e. The lowest BCUT2D eigenvalue weighted by molar-refractivity contribution is -0.141. The summed E-state index contributed by atoms with van der Waals surface area (Å²) in [7, 11) is 0. The molecular formula is C15H9F6N5O. The van der Waals surface area contributed by atoms with Crippen LogP contribution < -0.4 is 5.32 Å². The van der Waals surface area contributed by atoms with Crippen molar-refractivity contribution in [2.24, 2.45) is 0 Å². The number of hydrogen-bond donors (Lipinski definition) is 1. The summed E-state index contributed by atoms with van der Waals surface area (Å²) < 4.78 is 77.3. The molecule has 0 bridgehead atoms. The van der Waals surface area contributed by atoms with Gasteiger partial charge in [-0.05, 0) is 24.3 Å². The molecule has 0 atom stereocenters. The van der Waals surface area contributed by atoms with Crippen molar-refractivity contribution in [1.29, 1.82) is 0 Å². The highest BCUT2D eigenvalue weighted by molar-refractivity contribution is 5.93. The molecule has 0 spiro atoms. The number of pyridine rings is 2. The minimum atomic E-state index is -4.63. The van der Waals surface area contributed by atoms with Gasteiger partial charge in [-0.3, -0.25) is 14.2 Å². The third-order valence-electron chi connectivity index (χ3n) is 3.53. The fourth-order valence-electron chi connectivity index (χ4n) is 2.26. The molecule has 0 aliphatic rings. The highest BCUT2D eigenvalue weighted by Gasteiger charge is 2.34. The number of hydrogen-bond acceptors (Lipinski definition) is 4. The van der Waals surface area contributed by atoms with Crippen molar-refractivity contribution in [3.63, 3.8) is 0 Å².